The van der Waals surface area contributed by atoms with Crippen molar-refractivity contribution < 1.29 is 13.7 Å². The van der Waals surface area contributed by atoms with Crippen LogP contribution in [0.3, 0.4) is 0 Å². The van der Waals surface area contributed by atoms with Crippen molar-refractivity contribution in [3.63, 3.8) is 0 Å². The lowest BCUT2D eigenvalue weighted by Crippen LogP contribution is -2.45. The molecular weight excluding hydrogens is 286 g/mol. The van der Waals surface area contributed by atoms with Gasteiger partial charge in [-0.05, 0) is 25.8 Å². The van der Waals surface area contributed by atoms with Crippen LogP contribution in [0, 0.1) is 5.41 Å². The van der Waals surface area contributed by atoms with Gasteiger partial charge in [0.2, 0.25) is 5.91 Å². The van der Waals surface area contributed by atoms with Crippen LogP contribution in [-0.4, -0.2) is 34.3 Å². The highest BCUT2D eigenvalue weighted by atomic mass is 32.2. The molecule has 0 bridgehead atoms. The number of amides is 1. The number of hydrogen-bond donors (Lipinski definition) is 1. The lowest BCUT2D eigenvalue weighted by Gasteiger charge is -2.25. The molecule has 0 aromatic heterocycles. The predicted octanol–water partition coefficient (Wildman–Crippen LogP) is 1.87. The van der Waals surface area contributed by atoms with E-state index in [1.54, 1.807) is 0 Å². The van der Waals surface area contributed by atoms with Gasteiger partial charge < -0.3 is 10.1 Å². The first-order valence-electron chi connectivity index (χ1n) is 7.25. The Labute approximate surface area is 128 Å². The Hall–Kier alpha value is -1.20. The number of benzene rings is 1. The fourth-order valence-corrected chi connectivity index (χ4v) is 3.64. The lowest BCUT2D eigenvalue weighted by molar-refractivity contribution is -0.133. The van der Waals surface area contributed by atoms with Crippen molar-refractivity contribution in [2.24, 2.45) is 5.41 Å². The third-order valence-electron chi connectivity index (χ3n) is 3.61. The van der Waals surface area contributed by atoms with E-state index in [9.17, 15) is 9.00 Å². The van der Waals surface area contributed by atoms with Gasteiger partial charge in [-0.1, -0.05) is 30.3 Å². The third kappa shape index (κ3) is 4.93. The molecule has 1 amide bonds. The van der Waals surface area contributed by atoms with Gasteiger partial charge in [-0.15, -0.1) is 0 Å². The summed E-state index contributed by atoms with van der Waals surface area (Å²) in [5.74, 6) is 1.24. The average molecular weight is 309 g/mol. The highest BCUT2D eigenvalue weighted by Gasteiger charge is 2.31. The Bertz CT molecular complexity index is 502. The molecule has 1 aromatic rings. The number of hydrogen-bond acceptors (Lipinski definition) is 3. The summed E-state index contributed by atoms with van der Waals surface area (Å²) < 4.78 is 17.0. The van der Waals surface area contributed by atoms with Crippen molar-refractivity contribution >= 4 is 16.7 Å². The van der Waals surface area contributed by atoms with Crippen LogP contribution in [0.15, 0.2) is 30.3 Å². The minimum atomic E-state index is -0.772. The van der Waals surface area contributed by atoms with Crippen molar-refractivity contribution in [3.8, 4) is 0 Å². The molecule has 1 heterocycles. The van der Waals surface area contributed by atoms with Crippen LogP contribution < -0.4 is 5.32 Å². The summed E-state index contributed by atoms with van der Waals surface area (Å²) in [6.07, 6.45) is 0.805. The van der Waals surface area contributed by atoms with Crippen LogP contribution in [0.4, 0.5) is 0 Å². The first kappa shape index (κ1) is 16.2. The topological polar surface area (TPSA) is 55.4 Å². The van der Waals surface area contributed by atoms with E-state index in [0.717, 1.165) is 12.0 Å². The molecule has 0 spiro atoms. The Morgan fingerprint density at radius 3 is 2.71 bits per heavy atom. The van der Waals surface area contributed by atoms with Gasteiger partial charge in [0.25, 0.3) is 0 Å². The van der Waals surface area contributed by atoms with Crippen LogP contribution in [0.5, 0.6) is 0 Å². The molecule has 21 heavy (non-hydrogen) atoms. The summed E-state index contributed by atoms with van der Waals surface area (Å²) in [5, 5.41) is 2.99. The van der Waals surface area contributed by atoms with Gasteiger partial charge in [-0.25, -0.2) is 0 Å². The van der Waals surface area contributed by atoms with Crippen molar-refractivity contribution in [1.82, 2.24) is 5.32 Å². The van der Waals surface area contributed by atoms with Crippen LogP contribution in [-0.2, 0) is 26.9 Å². The van der Waals surface area contributed by atoms with E-state index in [1.807, 2.05) is 44.2 Å². The van der Waals surface area contributed by atoms with Crippen molar-refractivity contribution in [2.75, 3.05) is 18.1 Å². The van der Waals surface area contributed by atoms with Gasteiger partial charge in [-0.2, -0.15) is 0 Å². The van der Waals surface area contributed by atoms with E-state index in [4.69, 9.17) is 4.74 Å². The maximum atomic E-state index is 12.3. The van der Waals surface area contributed by atoms with Gasteiger partial charge in [0.15, 0.2) is 0 Å². The molecule has 2 rings (SSSR count). The second-order valence-electron chi connectivity index (χ2n) is 6.13. The number of ether oxygens (including phenoxy) is 1. The van der Waals surface area contributed by atoms with Crippen LogP contribution in [0.25, 0.3) is 0 Å². The molecule has 1 fully saturated rings. The molecule has 0 aliphatic carbocycles. The Morgan fingerprint density at radius 1 is 1.38 bits per heavy atom. The molecule has 0 radical (unpaired) electrons. The number of carbonyl (C=O) groups excluding carboxylic acids is 1. The van der Waals surface area contributed by atoms with E-state index < -0.39 is 16.2 Å². The van der Waals surface area contributed by atoms with Gasteiger partial charge in [-0.3, -0.25) is 9.00 Å². The number of nitrogens with one attached hydrogen (secondary N) is 1. The zero-order valence-corrected chi connectivity index (χ0v) is 13.4. The molecule has 116 valence electrons. The second-order valence-corrected chi connectivity index (χ2v) is 7.75. The molecule has 1 aromatic carbocycles. The fraction of sp³-hybridized carbons (Fsp3) is 0.562. The summed E-state index contributed by atoms with van der Waals surface area (Å²) in [7, 11) is -0.772. The van der Waals surface area contributed by atoms with E-state index in [-0.39, 0.29) is 11.9 Å². The summed E-state index contributed by atoms with van der Waals surface area (Å²) >= 11 is 0. The average Bonchev–Trinajstić information content (AvgIpc) is 2.85. The smallest absolute Gasteiger partial charge is 0.228 e. The van der Waals surface area contributed by atoms with Crippen LogP contribution in [0.2, 0.25) is 0 Å². The van der Waals surface area contributed by atoms with Crippen molar-refractivity contribution in [3.05, 3.63) is 35.9 Å². The number of rotatable bonds is 6. The fourth-order valence-electron chi connectivity index (χ4n) is 2.22. The lowest BCUT2D eigenvalue weighted by atomic mass is 9.93. The van der Waals surface area contributed by atoms with Crippen LogP contribution >= 0.6 is 0 Å². The molecule has 1 aliphatic rings. The maximum absolute atomic E-state index is 12.3. The first-order chi connectivity index (χ1) is 9.97. The van der Waals surface area contributed by atoms with E-state index in [2.05, 4.69) is 5.32 Å². The molecular formula is C16H23NO3S. The molecule has 5 heteroatoms. The molecule has 0 unspecified atom stereocenters. The predicted molar refractivity (Wildman–Crippen MR) is 84.3 cm³/mol. The maximum Gasteiger partial charge on any atom is 0.228 e. The van der Waals surface area contributed by atoms with Crippen LogP contribution in [0.1, 0.15) is 25.8 Å². The summed E-state index contributed by atoms with van der Waals surface area (Å²) in [4.78, 5) is 12.3. The van der Waals surface area contributed by atoms with Gasteiger partial charge in [0.05, 0.1) is 18.6 Å². The summed E-state index contributed by atoms with van der Waals surface area (Å²) in [6, 6.07) is 9.95. The molecule has 1 saturated heterocycles. The van der Waals surface area contributed by atoms with E-state index in [1.165, 1.54) is 0 Å². The van der Waals surface area contributed by atoms with E-state index in [0.29, 0.717) is 24.7 Å². The highest BCUT2D eigenvalue weighted by molar-refractivity contribution is 7.85. The highest BCUT2D eigenvalue weighted by Crippen LogP contribution is 2.18. The van der Waals surface area contributed by atoms with Gasteiger partial charge >= 0.3 is 0 Å². The minimum absolute atomic E-state index is 0.0283. The zero-order chi connectivity index (χ0) is 15.3. The normalized spacial score (nSPS) is 22.2. The van der Waals surface area contributed by atoms with Crippen molar-refractivity contribution in [1.29, 1.82) is 0 Å². The summed E-state index contributed by atoms with van der Waals surface area (Å²) in [5.41, 5.74) is 0.513. The quantitative estimate of drug-likeness (QED) is 0.873. The Kier molecular flexibility index (Phi) is 5.53. The zero-order valence-electron chi connectivity index (χ0n) is 12.6. The number of carbonyl (C=O) groups is 1. The molecule has 0 saturated carbocycles. The summed E-state index contributed by atoms with van der Waals surface area (Å²) in [6.45, 7) is 4.62. The molecule has 4 nitrogen and oxygen atoms in total. The molecule has 1 aliphatic heterocycles. The minimum Gasteiger partial charge on any atom is -0.376 e. The third-order valence-corrected chi connectivity index (χ3v) is 5.07. The second kappa shape index (κ2) is 7.18. The van der Waals surface area contributed by atoms with Gasteiger partial charge in [0.1, 0.15) is 0 Å². The van der Waals surface area contributed by atoms with Crippen molar-refractivity contribution in [2.45, 2.75) is 32.9 Å². The molecule has 1 N–H and O–H groups in total. The standard InChI is InChI=1S/C16H23NO3S/c1-16(2,12-20-10-13-6-4-3-5-7-13)15(18)17-14-8-9-21(19)11-14/h3-7,14H,8-12H2,1-2H3,(H,17,18)/t14-,21-/m0/s1. The SMILES string of the molecule is CC(C)(COCc1ccccc1)C(=O)N[C@H]1CC[S@](=O)C1. The first-order valence-corrected chi connectivity index (χ1v) is 8.74. The van der Waals surface area contributed by atoms with E-state index >= 15 is 0 Å². The largest absolute Gasteiger partial charge is 0.376 e. The monoisotopic (exact) mass is 309 g/mol. The Balaban J connectivity index is 1.77. The van der Waals surface area contributed by atoms with Gasteiger partial charge in [0, 0.05) is 28.3 Å². The Morgan fingerprint density at radius 2 is 2.10 bits per heavy atom. The molecule has 2 atom stereocenters.